The zero-order chi connectivity index (χ0) is 13.4. The first-order valence-electron chi connectivity index (χ1n) is 5.85. The van der Waals surface area contributed by atoms with Crippen LogP contribution in [0.3, 0.4) is 0 Å². The fraction of sp³-hybridized carbons (Fsp3) is 0.500. The van der Waals surface area contributed by atoms with E-state index in [-0.39, 0.29) is 11.9 Å². The number of carbonyl (C=O) groups excluding carboxylic acids is 1. The van der Waals surface area contributed by atoms with Gasteiger partial charge in [0.25, 0.3) is 0 Å². The van der Waals surface area contributed by atoms with Crippen LogP contribution in [0.1, 0.15) is 6.92 Å². The summed E-state index contributed by atoms with van der Waals surface area (Å²) in [6.07, 6.45) is 0. The third-order valence-corrected chi connectivity index (χ3v) is 2.37. The molecule has 1 heterocycles. The predicted molar refractivity (Wildman–Crippen MR) is 71.8 cm³/mol. The van der Waals surface area contributed by atoms with Crippen molar-refractivity contribution < 1.29 is 9.53 Å². The van der Waals surface area contributed by atoms with E-state index in [1.807, 2.05) is 18.2 Å². The summed E-state index contributed by atoms with van der Waals surface area (Å²) < 4.78 is 4.86. The predicted octanol–water partition coefficient (Wildman–Crippen LogP) is 0.686. The number of amides is 1. The second-order valence-electron chi connectivity index (χ2n) is 3.81. The van der Waals surface area contributed by atoms with Gasteiger partial charge >= 0.3 is 0 Å². The lowest BCUT2D eigenvalue weighted by Crippen LogP contribution is -2.39. The van der Waals surface area contributed by atoms with Crippen molar-refractivity contribution in [2.45, 2.75) is 13.0 Å². The van der Waals surface area contributed by atoms with Gasteiger partial charge in [0, 0.05) is 20.7 Å². The fourth-order valence-electron chi connectivity index (χ4n) is 1.37. The molecule has 6 heteroatoms. The lowest BCUT2D eigenvalue weighted by atomic mass is 10.3. The molecule has 1 amide bonds. The number of aromatic nitrogens is 1. The Morgan fingerprint density at radius 2 is 2.17 bits per heavy atom. The summed E-state index contributed by atoms with van der Waals surface area (Å²) in [6.45, 7) is 2.80. The number of carbonyl (C=O) groups is 1. The molecule has 0 bridgehead atoms. The molecule has 1 atom stereocenters. The maximum atomic E-state index is 11.7. The number of hydrogen-bond donors (Lipinski definition) is 3. The van der Waals surface area contributed by atoms with E-state index in [4.69, 9.17) is 4.74 Å². The second-order valence-corrected chi connectivity index (χ2v) is 3.81. The largest absolute Gasteiger partial charge is 0.383 e. The highest BCUT2D eigenvalue weighted by Gasteiger charge is 2.12. The van der Waals surface area contributed by atoms with Gasteiger partial charge in [0.2, 0.25) is 5.91 Å². The van der Waals surface area contributed by atoms with Crippen molar-refractivity contribution in [2.75, 3.05) is 37.9 Å². The standard InChI is InChI=1S/C12H20N4O2/c1-9(12(17)14-7-8-18-3)15-11-6-4-5-10(13-2)16-11/h4-6,9H,7-8H2,1-3H3,(H,14,17)(H2,13,15,16). The van der Waals surface area contributed by atoms with E-state index in [0.717, 1.165) is 5.82 Å². The molecule has 0 aliphatic heterocycles. The van der Waals surface area contributed by atoms with E-state index in [0.29, 0.717) is 19.0 Å². The van der Waals surface area contributed by atoms with Crippen molar-refractivity contribution in [2.24, 2.45) is 0 Å². The van der Waals surface area contributed by atoms with E-state index in [9.17, 15) is 4.79 Å². The van der Waals surface area contributed by atoms with Gasteiger partial charge in [0.05, 0.1) is 6.61 Å². The van der Waals surface area contributed by atoms with Crippen LogP contribution in [0.2, 0.25) is 0 Å². The zero-order valence-electron chi connectivity index (χ0n) is 11.0. The molecule has 0 aromatic carbocycles. The average Bonchev–Trinajstić information content (AvgIpc) is 2.39. The van der Waals surface area contributed by atoms with E-state index in [2.05, 4.69) is 20.9 Å². The van der Waals surface area contributed by atoms with Crippen LogP contribution in [0.15, 0.2) is 18.2 Å². The van der Waals surface area contributed by atoms with Gasteiger partial charge in [-0.25, -0.2) is 4.98 Å². The lowest BCUT2D eigenvalue weighted by Gasteiger charge is -2.14. The van der Waals surface area contributed by atoms with Gasteiger partial charge < -0.3 is 20.7 Å². The van der Waals surface area contributed by atoms with Crippen molar-refractivity contribution in [3.63, 3.8) is 0 Å². The molecule has 18 heavy (non-hydrogen) atoms. The van der Waals surface area contributed by atoms with Crippen LogP contribution in [0.5, 0.6) is 0 Å². The molecule has 0 aliphatic rings. The molecule has 0 radical (unpaired) electrons. The highest BCUT2D eigenvalue weighted by Crippen LogP contribution is 2.09. The molecule has 1 unspecified atom stereocenters. The Labute approximate surface area is 107 Å². The Bertz CT molecular complexity index is 384. The molecule has 0 spiro atoms. The van der Waals surface area contributed by atoms with Crippen LogP contribution in [0.25, 0.3) is 0 Å². The van der Waals surface area contributed by atoms with Crippen molar-refractivity contribution in [3.8, 4) is 0 Å². The van der Waals surface area contributed by atoms with Crippen LogP contribution >= 0.6 is 0 Å². The third kappa shape index (κ3) is 4.58. The summed E-state index contributed by atoms with van der Waals surface area (Å²) in [7, 11) is 3.40. The molecule has 1 rings (SSSR count). The number of rotatable bonds is 7. The molecule has 0 saturated carbocycles. The maximum absolute atomic E-state index is 11.7. The molecule has 0 saturated heterocycles. The molecule has 3 N–H and O–H groups in total. The third-order valence-electron chi connectivity index (χ3n) is 2.37. The first kappa shape index (κ1) is 14.2. The summed E-state index contributed by atoms with van der Waals surface area (Å²) >= 11 is 0. The summed E-state index contributed by atoms with van der Waals surface area (Å²) in [4.78, 5) is 16.0. The summed E-state index contributed by atoms with van der Waals surface area (Å²) in [6, 6.07) is 5.20. The monoisotopic (exact) mass is 252 g/mol. The van der Waals surface area contributed by atoms with Gasteiger partial charge in [0.15, 0.2) is 0 Å². The van der Waals surface area contributed by atoms with Crippen LogP contribution in [-0.2, 0) is 9.53 Å². The van der Waals surface area contributed by atoms with Crippen molar-refractivity contribution in [1.82, 2.24) is 10.3 Å². The maximum Gasteiger partial charge on any atom is 0.242 e. The molecule has 6 nitrogen and oxygen atoms in total. The Morgan fingerprint density at radius 1 is 1.44 bits per heavy atom. The minimum Gasteiger partial charge on any atom is -0.383 e. The minimum atomic E-state index is -0.346. The Balaban J connectivity index is 2.47. The SMILES string of the molecule is CNc1cccc(NC(C)C(=O)NCCOC)n1. The van der Waals surface area contributed by atoms with E-state index in [1.165, 1.54) is 0 Å². The van der Waals surface area contributed by atoms with E-state index >= 15 is 0 Å². The van der Waals surface area contributed by atoms with Crippen LogP contribution in [0, 0.1) is 0 Å². The normalized spacial score (nSPS) is 11.7. The Hall–Kier alpha value is -1.82. The van der Waals surface area contributed by atoms with Crippen molar-refractivity contribution in [3.05, 3.63) is 18.2 Å². The zero-order valence-corrected chi connectivity index (χ0v) is 11.0. The smallest absolute Gasteiger partial charge is 0.242 e. The number of ether oxygens (including phenoxy) is 1. The van der Waals surface area contributed by atoms with E-state index < -0.39 is 0 Å². The second kappa shape index (κ2) is 7.50. The van der Waals surface area contributed by atoms with Gasteiger partial charge in [-0.2, -0.15) is 0 Å². The lowest BCUT2D eigenvalue weighted by molar-refractivity contribution is -0.121. The number of methoxy groups -OCH3 is 1. The van der Waals surface area contributed by atoms with Gasteiger partial charge in [-0.3, -0.25) is 4.79 Å². The summed E-state index contributed by atoms with van der Waals surface area (Å²) in [5.41, 5.74) is 0. The molecule has 0 fully saturated rings. The number of nitrogens with zero attached hydrogens (tertiary/aromatic N) is 1. The Kier molecular flexibility index (Phi) is 5.93. The molecular weight excluding hydrogens is 232 g/mol. The first-order chi connectivity index (χ1) is 8.67. The van der Waals surface area contributed by atoms with Gasteiger partial charge in [-0.15, -0.1) is 0 Å². The number of pyridine rings is 1. The van der Waals surface area contributed by atoms with Gasteiger partial charge in [-0.1, -0.05) is 6.07 Å². The van der Waals surface area contributed by atoms with E-state index in [1.54, 1.807) is 21.1 Å². The van der Waals surface area contributed by atoms with Crippen molar-refractivity contribution in [1.29, 1.82) is 0 Å². The van der Waals surface area contributed by atoms with Gasteiger partial charge in [0.1, 0.15) is 17.7 Å². The molecular formula is C12H20N4O2. The summed E-state index contributed by atoms with van der Waals surface area (Å²) in [5.74, 6) is 1.34. The topological polar surface area (TPSA) is 75.3 Å². The quantitative estimate of drug-likeness (QED) is 0.622. The van der Waals surface area contributed by atoms with Gasteiger partial charge in [-0.05, 0) is 19.1 Å². The van der Waals surface area contributed by atoms with Crippen LogP contribution < -0.4 is 16.0 Å². The minimum absolute atomic E-state index is 0.0799. The van der Waals surface area contributed by atoms with Crippen LogP contribution in [0.4, 0.5) is 11.6 Å². The summed E-state index contributed by atoms with van der Waals surface area (Å²) in [5, 5.41) is 8.75. The fourth-order valence-corrected chi connectivity index (χ4v) is 1.37. The molecule has 0 aliphatic carbocycles. The average molecular weight is 252 g/mol. The van der Waals surface area contributed by atoms with Crippen LogP contribution in [-0.4, -0.2) is 44.2 Å². The molecule has 1 aromatic heterocycles. The number of nitrogens with one attached hydrogen (secondary N) is 3. The number of anilines is 2. The highest BCUT2D eigenvalue weighted by molar-refractivity contribution is 5.83. The molecule has 1 aromatic rings. The molecule has 100 valence electrons. The Morgan fingerprint density at radius 3 is 2.83 bits per heavy atom. The number of hydrogen-bond acceptors (Lipinski definition) is 5. The highest BCUT2D eigenvalue weighted by atomic mass is 16.5. The first-order valence-corrected chi connectivity index (χ1v) is 5.85. The van der Waals surface area contributed by atoms with Crippen molar-refractivity contribution >= 4 is 17.5 Å².